The molecule has 0 amide bonds. The van der Waals surface area contributed by atoms with Crippen LogP contribution in [-0.4, -0.2) is 13.0 Å². The third-order valence-electron chi connectivity index (χ3n) is 4.64. The van der Waals surface area contributed by atoms with Gasteiger partial charge >= 0.3 is 10.4 Å². The van der Waals surface area contributed by atoms with E-state index in [-0.39, 0.29) is 5.75 Å². The van der Waals surface area contributed by atoms with Gasteiger partial charge in [0.1, 0.15) is 5.75 Å². The van der Waals surface area contributed by atoms with E-state index >= 15 is 0 Å². The summed E-state index contributed by atoms with van der Waals surface area (Å²) >= 11 is 0. The highest BCUT2D eigenvalue weighted by atomic mass is 32.3. The molecule has 5 aromatic rings. The van der Waals surface area contributed by atoms with Crippen molar-refractivity contribution in [1.82, 2.24) is 0 Å². The fourth-order valence-electron chi connectivity index (χ4n) is 3.69. The lowest BCUT2D eigenvalue weighted by atomic mass is 9.91. The van der Waals surface area contributed by atoms with Gasteiger partial charge in [0.15, 0.2) is 0 Å². The molecule has 0 saturated heterocycles. The monoisotopic (exact) mass is 348 g/mol. The predicted molar refractivity (Wildman–Crippen MR) is 99.8 cm³/mol. The molecule has 0 aromatic heterocycles. The van der Waals surface area contributed by atoms with Crippen LogP contribution in [0.1, 0.15) is 0 Å². The molecule has 5 aromatic carbocycles. The first-order valence-corrected chi connectivity index (χ1v) is 9.13. The summed E-state index contributed by atoms with van der Waals surface area (Å²) in [5.41, 5.74) is 0. The van der Waals surface area contributed by atoms with Gasteiger partial charge in [0.2, 0.25) is 0 Å². The van der Waals surface area contributed by atoms with Gasteiger partial charge in [0.25, 0.3) is 0 Å². The highest BCUT2D eigenvalue weighted by Crippen LogP contribution is 2.39. The van der Waals surface area contributed by atoms with Crippen LogP contribution in [0.4, 0.5) is 0 Å². The Labute approximate surface area is 143 Å². The summed E-state index contributed by atoms with van der Waals surface area (Å²) in [5.74, 6) is 0.0880. The molecule has 0 aliphatic carbocycles. The molecular weight excluding hydrogens is 336 g/mol. The second-order valence-corrected chi connectivity index (χ2v) is 7.15. The van der Waals surface area contributed by atoms with E-state index in [9.17, 15) is 8.42 Å². The molecule has 0 aliphatic rings. The van der Waals surface area contributed by atoms with Gasteiger partial charge in [0, 0.05) is 0 Å². The molecule has 25 heavy (non-hydrogen) atoms. The van der Waals surface area contributed by atoms with Crippen molar-refractivity contribution in [1.29, 1.82) is 0 Å². The predicted octanol–water partition coefficient (Wildman–Crippen LogP) is 4.92. The fourth-order valence-corrected chi connectivity index (χ4v) is 4.04. The Morgan fingerprint density at radius 1 is 0.680 bits per heavy atom. The first kappa shape index (κ1) is 14.5. The van der Waals surface area contributed by atoms with Crippen LogP contribution in [0.15, 0.2) is 66.7 Å². The molecule has 0 bridgehead atoms. The van der Waals surface area contributed by atoms with E-state index in [2.05, 4.69) is 40.6 Å². The molecule has 0 fully saturated rings. The summed E-state index contributed by atoms with van der Waals surface area (Å²) in [5, 5.41) is 8.70. The standard InChI is InChI=1S/C20H12O4S/c21-25(22,23)24-16-8-6-14-10-15-5-4-12-2-1-3-13-7-9-17(18(14)11-16)20(15)19(12)13/h1-11H,(H,21,22,23). The highest BCUT2D eigenvalue weighted by Gasteiger charge is 2.13. The Hall–Kier alpha value is -2.89. The summed E-state index contributed by atoms with van der Waals surface area (Å²) in [6.45, 7) is 0. The Morgan fingerprint density at radius 3 is 2.12 bits per heavy atom. The van der Waals surface area contributed by atoms with Gasteiger partial charge < -0.3 is 4.18 Å². The Kier molecular flexibility index (Phi) is 2.78. The van der Waals surface area contributed by atoms with Gasteiger partial charge in [-0.2, -0.15) is 8.42 Å². The maximum atomic E-state index is 11.0. The van der Waals surface area contributed by atoms with Gasteiger partial charge in [0.05, 0.1) is 0 Å². The van der Waals surface area contributed by atoms with E-state index < -0.39 is 10.4 Å². The smallest absolute Gasteiger partial charge is 0.362 e. The normalized spacial score (nSPS) is 12.5. The van der Waals surface area contributed by atoms with Crippen LogP contribution in [0.5, 0.6) is 5.75 Å². The average molecular weight is 348 g/mol. The first-order valence-electron chi connectivity index (χ1n) is 7.77. The van der Waals surface area contributed by atoms with E-state index in [1.165, 1.54) is 22.2 Å². The molecule has 0 atom stereocenters. The fraction of sp³-hybridized carbons (Fsp3) is 0. The molecule has 5 rings (SSSR count). The molecule has 0 spiro atoms. The van der Waals surface area contributed by atoms with E-state index in [0.29, 0.717) is 0 Å². The van der Waals surface area contributed by atoms with Crippen molar-refractivity contribution in [2.24, 2.45) is 0 Å². The lowest BCUT2D eigenvalue weighted by Gasteiger charge is -2.13. The van der Waals surface area contributed by atoms with E-state index in [1.54, 1.807) is 12.1 Å². The van der Waals surface area contributed by atoms with E-state index in [1.807, 2.05) is 12.1 Å². The maximum absolute atomic E-state index is 11.0. The van der Waals surface area contributed by atoms with Crippen LogP contribution in [0.2, 0.25) is 0 Å². The van der Waals surface area contributed by atoms with Crippen LogP contribution in [0.3, 0.4) is 0 Å². The second kappa shape index (κ2) is 4.81. The zero-order valence-corrected chi connectivity index (χ0v) is 13.7. The minimum absolute atomic E-state index is 0.0880. The van der Waals surface area contributed by atoms with Gasteiger partial charge in [-0.3, -0.25) is 4.55 Å². The van der Waals surface area contributed by atoms with Crippen LogP contribution in [-0.2, 0) is 10.4 Å². The largest absolute Gasteiger partial charge is 0.446 e. The summed E-state index contributed by atoms with van der Waals surface area (Å²) in [7, 11) is -4.55. The maximum Gasteiger partial charge on any atom is 0.446 e. The van der Waals surface area contributed by atoms with Crippen molar-refractivity contribution in [3.8, 4) is 5.75 Å². The van der Waals surface area contributed by atoms with Crippen LogP contribution >= 0.6 is 0 Å². The molecule has 0 aliphatic heterocycles. The van der Waals surface area contributed by atoms with Gasteiger partial charge in [-0.1, -0.05) is 48.5 Å². The Morgan fingerprint density at radius 2 is 1.36 bits per heavy atom. The summed E-state index contributed by atoms with van der Waals surface area (Å²) in [6, 6.07) is 21.6. The van der Waals surface area contributed by atoms with Crippen LogP contribution in [0.25, 0.3) is 43.1 Å². The molecule has 122 valence electrons. The quantitative estimate of drug-likeness (QED) is 0.279. The third-order valence-corrected chi connectivity index (χ3v) is 5.04. The molecule has 4 nitrogen and oxygen atoms in total. The Balaban J connectivity index is 1.95. The number of hydrogen-bond donors (Lipinski definition) is 1. The number of rotatable bonds is 2. The molecule has 0 saturated carbocycles. The van der Waals surface area contributed by atoms with Crippen LogP contribution < -0.4 is 4.18 Å². The minimum atomic E-state index is -4.55. The summed E-state index contributed by atoms with van der Waals surface area (Å²) in [6.07, 6.45) is 0. The number of hydrogen-bond acceptors (Lipinski definition) is 3. The SMILES string of the molecule is O=S(=O)(O)Oc1ccc2cc3ccc4cccc5ccc(c2c1)c3c45. The third kappa shape index (κ3) is 2.21. The summed E-state index contributed by atoms with van der Waals surface area (Å²) < 4.78 is 35.6. The zero-order chi connectivity index (χ0) is 17.2. The van der Waals surface area contributed by atoms with Gasteiger partial charge in [-0.15, -0.1) is 0 Å². The van der Waals surface area contributed by atoms with Crippen molar-refractivity contribution >= 4 is 53.5 Å². The molecule has 0 unspecified atom stereocenters. The molecule has 1 N–H and O–H groups in total. The van der Waals surface area contributed by atoms with Gasteiger partial charge in [-0.25, -0.2) is 0 Å². The lowest BCUT2D eigenvalue weighted by molar-refractivity contribution is 0.387. The van der Waals surface area contributed by atoms with Crippen molar-refractivity contribution in [2.75, 3.05) is 0 Å². The van der Waals surface area contributed by atoms with Crippen molar-refractivity contribution in [3.63, 3.8) is 0 Å². The van der Waals surface area contributed by atoms with E-state index in [4.69, 9.17) is 4.55 Å². The Bertz CT molecular complexity index is 1370. The number of benzene rings is 5. The lowest BCUT2D eigenvalue weighted by Crippen LogP contribution is -2.06. The van der Waals surface area contributed by atoms with Crippen LogP contribution in [0, 0.1) is 0 Å². The van der Waals surface area contributed by atoms with E-state index in [0.717, 1.165) is 26.9 Å². The van der Waals surface area contributed by atoms with Gasteiger partial charge in [-0.05, 0) is 61.3 Å². The molecule has 5 heteroatoms. The second-order valence-electron chi connectivity index (χ2n) is 6.13. The van der Waals surface area contributed by atoms with Crippen molar-refractivity contribution in [2.45, 2.75) is 0 Å². The first-order chi connectivity index (χ1) is 12.0. The topological polar surface area (TPSA) is 63.6 Å². The number of fused-ring (bicyclic) bond motifs is 2. The molecule has 0 radical (unpaired) electrons. The van der Waals surface area contributed by atoms with Crippen molar-refractivity contribution in [3.05, 3.63) is 66.7 Å². The highest BCUT2D eigenvalue weighted by molar-refractivity contribution is 7.81. The minimum Gasteiger partial charge on any atom is -0.362 e. The summed E-state index contributed by atoms with van der Waals surface area (Å²) in [4.78, 5) is 0. The zero-order valence-electron chi connectivity index (χ0n) is 12.9. The molecule has 0 heterocycles. The van der Waals surface area contributed by atoms with Crippen molar-refractivity contribution < 1.29 is 17.2 Å². The molecular formula is C20H12O4S. The average Bonchev–Trinajstić information content (AvgIpc) is 2.58.